The number of amides is 1. The molecule has 1 heterocycles. The first-order valence-corrected chi connectivity index (χ1v) is 8.54. The zero-order valence-corrected chi connectivity index (χ0v) is 15.8. The number of anilines is 1. The molecule has 7 nitrogen and oxygen atoms in total. The molecule has 0 aliphatic rings. The maximum Gasteiger partial charge on any atom is 0.417 e. The third kappa shape index (κ3) is 7.10. The lowest BCUT2D eigenvalue weighted by Gasteiger charge is -2.10. The van der Waals surface area contributed by atoms with Gasteiger partial charge in [-0.2, -0.15) is 18.4 Å². The van der Waals surface area contributed by atoms with Gasteiger partial charge < -0.3 is 14.8 Å². The van der Waals surface area contributed by atoms with Crippen molar-refractivity contribution in [1.82, 2.24) is 4.98 Å². The highest BCUT2D eigenvalue weighted by molar-refractivity contribution is 6.33. The van der Waals surface area contributed by atoms with E-state index in [4.69, 9.17) is 26.3 Å². The largest absolute Gasteiger partial charge is 0.479 e. The molecule has 0 saturated carbocycles. The molecule has 1 amide bonds. The molecule has 0 radical (unpaired) electrons. The summed E-state index contributed by atoms with van der Waals surface area (Å²) in [6.07, 6.45) is -1.58. The molecular formula is C19H13ClF3N3O4. The van der Waals surface area contributed by atoms with Crippen molar-refractivity contribution in [3.63, 3.8) is 0 Å². The highest BCUT2D eigenvalue weighted by atomic mass is 35.5. The van der Waals surface area contributed by atoms with Gasteiger partial charge in [-0.15, -0.1) is 0 Å². The second-order valence-electron chi connectivity index (χ2n) is 5.56. The first-order chi connectivity index (χ1) is 14.2. The molecule has 2 aromatic rings. The number of carbonyl (C=O) groups is 2. The van der Waals surface area contributed by atoms with Gasteiger partial charge in [0.15, 0.2) is 19.0 Å². The summed E-state index contributed by atoms with van der Waals surface area (Å²) in [5.74, 6) is -1.45. The van der Waals surface area contributed by atoms with E-state index in [1.807, 2.05) is 6.07 Å². The minimum atomic E-state index is -4.62. The summed E-state index contributed by atoms with van der Waals surface area (Å²) in [7, 11) is 0. The summed E-state index contributed by atoms with van der Waals surface area (Å²) in [4.78, 5) is 26.9. The Labute approximate surface area is 173 Å². The number of benzene rings is 1. The van der Waals surface area contributed by atoms with Crippen molar-refractivity contribution in [1.29, 1.82) is 5.26 Å². The quantitative estimate of drug-likeness (QED) is 0.519. The summed E-state index contributed by atoms with van der Waals surface area (Å²) in [5, 5.41) is 10.2. The molecule has 0 unspecified atom stereocenters. The number of alkyl halides is 3. The van der Waals surface area contributed by atoms with E-state index in [-0.39, 0.29) is 12.4 Å². The second-order valence-corrected chi connectivity index (χ2v) is 5.96. The molecule has 11 heteroatoms. The van der Waals surface area contributed by atoms with E-state index in [0.717, 1.165) is 6.08 Å². The zero-order chi connectivity index (χ0) is 22.1. The van der Waals surface area contributed by atoms with Crippen LogP contribution in [0.2, 0.25) is 5.02 Å². The van der Waals surface area contributed by atoms with Crippen molar-refractivity contribution in [2.45, 2.75) is 6.18 Å². The average molecular weight is 440 g/mol. The van der Waals surface area contributed by atoms with Gasteiger partial charge in [-0.25, -0.2) is 9.78 Å². The SMILES string of the molecule is N#CCOc1ccc(/C=C/C(=O)OCC(=O)Nc2ncc(C(F)(F)F)cc2Cl)cc1. The van der Waals surface area contributed by atoms with Crippen molar-refractivity contribution in [3.8, 4) is 11.8 Å². The molecule has 0 fully saturated rings. The molecule has 0 spiro atoms. The molecule has 0 bridgehead atoms. The van der Waals surface area contributed by atoms with Crippen LogP contribution in [0, 0.1) is 11.3 Å². The Balaban J connectivity index is 1.84. The molecule has 30 heavy (non-hydrogen) atoms. The first-order valence-electron chi connectivity index (χ1n) is 8.16. The smallest absolute Gasteiger partial charge is 0.417 e. The van der Waals surface area contributed by atoms with Gasteiger partial charge in [-0.3, -0.25) is 4.79 Å². The summed E-state index contributed by atoms with van der Waals surface area (Å²) in [6, 6.07) is 8.95. The van der Waals surface area contributed by atoms with Crippen LogP contribution >= 0.6 is 11.6 Å². The van der Waals surface area contributed by atoms with Gasteiger partial charge in [-0.05, 0) is 29.8 Å². The van der Waals surface area contributed by atoms with E-state index in [1.54, 1.807) is 24.3 Å². The highest BCUT2D eigenvalue weighted by Gasteiger charge is 2.31. The standard InChI is InChI=1S/C19H13ClF3N3O4/c20-15-9-13(19(21,22)23)10-25-18(15)26-16(27)11-30-17(28)6-3-12-1-4-14(5-2-12)29-8-7-24/h1-6,9-10H,8,11H2,(H,25,26,27)/b6-3+. The van der Waals surface area contributed by atoms with Crippen molar-refractivity contribution >= 4 is 35.4 Å². The number of carbonyl (C=O) groups excluding carboxylic acids is 2. The van der Waals surface area contributed by atoms with E-state index in [9.17, 15) is 22.8 Å². The Bertz CT molecular complexity index is 986. The number of ether oxygens (including phenoxy) is 2. The van der Waals surface area contributed by atoms with Crippen molar-refractivity contribution in [3.05, 3.63) is 58.8 Å². The third-order valence-corrected chi connectivity index (χ3v) is 3.66. The number of rotatable bonds is 7. The number of hydrogen-bond donors (Lipinski definition) is 1. The predicted molar refractivity (Wildman–Crippen MR) is 100 cm³/mol. The number of aromatic nitrogens is 1. The first kappa shape index (κ1) is 22.7. The predicted octanol–water partition coefficient (Wildman–Crippen LogP) is 3.85. The summed E-state index contributed by atoms with van der Waals surface area (Å²) < 4.78 is 47.5. The number of halogens is 4. The lowest BCUT2D eigenvalue weighted by Crippen LogP contribution is -2.21. The van der Waals surface area contributed by atoms with Gasteiger partial charge in [0.2, 0.25) is 0 Å². The van der Waals surface area contributed by atoms with Gasteiger partial charge >= 0.3 is 12.1 Å². The number of pyridine rings is 1. The van der Waals surface area contributed by atoms with E-state index in [1.165, 1.54) is 6.08 Å². The van der Waals surface area contributed by atoms with Crippen molar-refractivity contribution < 1.29 is 32.2 Å². The lowest BCUT2D eigenvalue weighted by atomic mass is 10.2. The molecule has 0 aliphatic carbocycles. The summed E-state index contributed by atoms with van der Waals surface area (Å²) in [6.45, 7) is -0.778. The van der Waals surface area contributed by atoms with Crippen LogP contribution in [0.5, 0.6) is 5.75 Å². The molecule has 1 N–H and O–H groups in total. The van der Waals surface area contributed by atoms with E-state index >= 15 is 0 Å². The maximum atomic E-state index is 12.6. The summed E-state index contributed by atoms with van der Waals surface area (Å²) >= 11 is 5.68. The molecule has 156 valence electrons. The fourth-order valence-corrected chi connectivity index (χ4v) is 2.21. The van der Waals surface area contributed by atoms with E-state index in [0.29, 0.717) is 23.6 Å². The van der Waals surface area contributed by atoms with Gasteiger partial charge in [0.05, 0.1) is 10.6 Å². The summed E-state index contributed by atoms with van der Waals surface area (Å²) in [5.41, 5.74) is -0.423. The van der Waals surface area contributed by atoms with Crippen LogP contribution in [0.15, 0.2) is 42.6 Å². The average Bonchev–Trinajstić information content (AvgIpc) is 2.70. The van der Waals surface area contributed by atoms with Gasteiger partial charge in [0, 0.05) is 12.3 Å². The number of esters is 1. The monoisotopic (exact) mass is 439 g/mol. The minimum absolute atomic E-state index is 0.0865. The molecule has 1 aromatic heterocycles. The Morgan fingerprint density at radius 1 is 1.27 bits per heavy atom. The van der Waals surface area contributed by atoms with Crippen LogP contribution in [0.4, 0.5) is 19.0 Å². The molecular weight excluding hydrogens is 427 g/mol. The third-order valence-electron chi connectivity index (χ3n) is 3.37. The van der Waals surface area contributed by atoms with Gasteiger partial charge in [0.1, 0.15) is 11.8 Å². The van der Waals surface area contributed by atoms with Crippen LogP contribution in [0.25, 0.3) is 6.08 Å². The lowest BCUT2D eigenvalue weighted by molar-refractivity contribution is -0.142. The van der Waals surface area contributed by atoms with Crippen molar-refractivity contribution in [2.75, 3.05) is 18.5 Å². The van der Waals surface area contributed by atoms with Crippen LogP contribution in [0.1, 0.15) is 11.1 Å². The molecule has 1 aromatic carbocycles. The number of nitriles is 1. The van der Waals surface area contributed by atoms with Crippen LogP contribution in [-0.2, 0) is 20.5 Å². The highest BCUT2D eigenvalue weighted by Crippen LogP contribution is 2.32. The normalized spacial score (nSPS) is 11.0. The van der Waals surface area contributed by atoms with Crippen LogP contribution in [0.3, 0.4) is 0 Å². The van der Waals surface area contributed by atoms with Crippen molar-refractivity contribution in [2.24, 2.45) is 0 Å². The van der Waals surface area contributed by atoms with Crippen LogP contribution in [-0.4, -0.2) is 30.1 Å². The number of hydrogen-bond acceptors (Lipinski definition) is 6. The minimum Gasteiger partial charge on any atom is -0.479 e. The molecule has 0 atom stereocenters. The number of nitrogens with zero attached hydrogens (tertiary/aromatic N) is 2. The number of nitrogens with one attached hydrogen (secondary N) is 1. The Hall–Kier alpha value is -3.58. The fraction of sp³-hybridized carbons (Fsp3) is 0.158. The van der Waals surface area contributed by atoms with Gasteiger partial charge in [0.25, 0.3) is 5.91 Å². The Morgan fingerprint density at radius 3 is 2.57 bits per heavy atom. The molecule has 0 saturated heterocycles. The molecule has 2 rings (SSSR count). The maximum absolute atomic E-state index is 12.6. The van der Waals surface area contributed by atoms with E-state index < -0.39 is 35.2 Å². The van der Waals surface area contributed by atoms with E-state index in [2.05, 4.69) is 10.3 Å². The Kier molecular flexibility index (Phi) is 7.77. The van der Waals surface area contributed by atoms with Crippen LogP contribution < -0.4 is 10.1 Å². The second kappa shape index (κ2) is 10.3. The molecule has 0 aliphatic heterocycles. The topological polar surface area (TPSA) is 101 Å². The fourth-order valence-electron chi connectivity index (χ4n) is 1.99. The zero-order valence-electron chi connectivity index (χ0n) is 15.1. The van der Waals surface area contributed by atoms with Gasteiger partial charge in [-0.1, -0.05) is 23.7 Å². The Morgan fingerprint density at radius 2 is 1.97 bits per heavy atom.